The summed E-state index contributed by atoms with van der Waals surface area (Å²) in [6, 6.07) is 66.7. The summed E-state index contributed by atoms with van der Waals surface area (Å²) in [5.41, 5.74) is 9.92. The van der Waals surface area contributed by atoms with Crippen molar-refractivity contribution in [3.8, 4) is 44.5 Å². The summed E-state index contributed by atoms with van der Waals surface area (Å²) in [5.74, 6) is 0. The smallest absolute Gasteiger partial charge is 0.00923 e. The highest BCUT2D eigenvalue weighted by molar-refractivity contribution is 6.11. The topological polar surface area (TPSA) is 0 Å². The van der Waals surface area contributed by atoms with Gasteiger partial charge >= 0.3 is 0 Å². The molecule has 46 heavy (non-hydrogen) atoms. The molecule has 0 N–H and O–H groups in total. The van der Waals surface area contributed by atoms with Gasteiger partial charge in [0.15, 0.2) is 0 Å². The fraction of sp³-hybridized carbons (Fsp3) is 0. The van der Waals surface area contributed by atoms with E-state index >= 15 is 0 Å². The Morgan fingerprint density at radius 2 is 0.391 bits per heavy atom. The first-order chi connectivity index (χ1) is 22.8. The lowest BCUT2D eigenvalue weighted by atomic mass is 9.82. The molecule has 214 valence electrons. The maximum absolute atomic E-state index is 2.47. The van der Waals surface area contributed by atoms with E-state index in [2.05, 4.69) is 182 Å². The van der Waals surface area contributed by atoms with E-state index in [9.17, 15) is 0 Å². The zero-order valence-corrected chi connectivity index (χ0v) is 25.3. The molecule has 0 radical (unpaired) electrons. The summed E-state index contributed by atoms with van der Waals surface area (Å²) in [5, 5.41) is 10.0. The minimum atomic E-state index is 1.24. The minimum Gasteiger partial charge on any atom is -0.0616 e. The molecule has 0 aliphatic rings. The van der Waals surface area contributed by atoms with Gasteiger partial charge in [-0.05, 0) is 99.7 Å². The molecule has 0 nitrogen and oxygen atoms in total. The first-order valence-corrected chi connectivity index (χ1v) is 15.9. The van der Waals surface area contributed by atoms with E-state index in [1.54, 1.807) is 0 Å². The Morgan fingerprint density at radius 1 is 0.174 bits per heavy atom. The van der Waals surface area contributed by atoms with Crippen LogP contribution in [-0.4, -0.2) is 0 Å². The van der Waals surface area contributed by atoms with Gasteiger partial charge in [-0.1, -0.05) is 170 Å². The molecule has 9 rings (SSSR count). The second kappa shape index (κ2) is 10.9. The molecule has 0 aromatic heterocycles. The minimum absolute atomic E-state index is 1.24. The molecule has 0 bridgehead atoms. The Kier molecular flexibility index (Phi) is 6.25. The van der Waals surface area contributed by atoms with Crippen LogP contribution in [0.5, 0.6) is 0 Å². The average Bonchev–Trinajstić information content (AvgIpc) is 3.13. The van der Waals surface area contributed by atoms with Crippen molar-refractivity contribution in [3.63, 3.8) is 0 Å². The van der Waals surface area contributed by atoms with Crippen LogP contribution in [0.2, 0.25) is 0 Å². The molecule has 0 aliphatic heterocycles. The lowest BCUT2D eigenvalue weighted by Crippen LogP contribution is -1.95. The van der Waals surface area contributed by atoms with E-state index in [-0.39, 0.29) is 0 Å². The second-order valence-electron chi connectivity index (χ2n) is 12.1. The van der Waals surface area contributed by atoms with E-state index in [0.717, 1.165) is 0 Å². The lowest BCUT2D eigenvalue weighted by molar-refractivity contribution is 1.59. The monoisotopic (exact) mass is 582 g/mol. The van der Waals surface area contributed by atoms with E-state index in [1.165, 1.54) is 87.6 Å². The number of benzene rings is 9. The Labute approximate surface area is 268 Å². The zero-order valence-electron chi connectivity index (χ0n) is 25.3. The third-order valence-corrected chi connectivity index (χ3v) is 9.48. The van der Waals surface area contributed by atoms with E-state index in [0.29, 0.717) is 0 Å². The largest absolute Gasteiger partial charge is 0.0616 e. The molecule has 0 unspecified atom stereocenters. The number of rotatable bonds is 4. The highest BCUT2D eigenvalue weighted by Gasteiger charge is 2.20. The number of hydrogen-bond donors (Lipinski definition) is 0. The van der Waals surface area contributed by atoms with Crippen LogP contribution in [0.25, 0.3) is 87.6 Å². The average molecular weight is 583 g/mol. The van der Waals surface area contributed by atoms with Crippen LogP contribution < -0.4 is 0 Å². The maximum atomic E-state index is 2.47. The van der Waals surface area contributed by atoms with Crippen molar-refractivity contribution in [2.75, 3.05) is 0 Å². The van der Waals surface area contributed by atoms with E-state index in [1.807, 2.05) is 0 Å². The summed E-state index contributed by atoms with van der Waals surface area (Å²) in [6.45, 7) is 0. The molecule has 0 aliphatic carbocycles. The fourth-order valence-corrected chi connectivity index (χ4v) is 7.33. The van der Waals surface area contributed by atoms with Gasteiger partial charge < -0.3 is 0 Å². The van der Waals surface area contributed by atoms with Crippen LogP contribution in [0.4, 0.5) is 0 Å². The Bertz CT molecular complexity index is 2210. The molecule has 0 fully saturated rings. The summed E-state index contributed by atoms with van der Waals surface area (Å²) in [4.78, 5) is 0. The van der Waals surface area contributed by atoms with Crippen molar-refractivity contribution >= 4 is 43.1 Å². The van der Waals surface area contributed by atoms with Crippen molar-refractivity contribution in [2.24, 2.45) is 0 Å². The highest BCUT2D eigenvalue weighted by atomic mass is 14.2. The zero-order chi connectivity index (χ0) is 30.5. The second-order valence-corrected chi connectivity index (χ2v) is 12.1. The van der Waals surface area contributed by atoms with Gasteiger partial charge in [0.25, 0.3) is 0 Å². The molecular weight excluding hydrogens is 553 g/mol. The van der Waals surface area contributed by atoms with Crippen molar-refractivity contribution in [2.45, 2.75) is 0 Å². The molecule has 0 amide bonds. The summed E-state index contributed by atoms with van der Waals surface area (Å²) in [6.07, 6.45) is 0. The van der Waals surface area contributed by atoms with Gasteiger partial charge in [0, 0.05) is 0 Å². The first kappa shape index (κ1) is 26.4. The van der Waals surface area contributed by atoms with Gasteiger partial charge in [-0.2, -0.15) is 0 Å². The van der Waals surface area contributed by atoms with Gasteiger partial charge in [-0.25, -0.2) is 0 Å². The molecule has 9 aromatic rings. The van der Waals surface area contributed by atoms with Gasteiger partial charge in [0.05, 0.1) is 0 Å². The normalized spacial score (nSPS) is 11.5. The molecule has 9 aromatic carbocycles. The van der Waals surface area contributed by atoms with Gasteiger partial charge in [-0.3, -0.25) is 0 Å². The van der Waals surface area contributed by atoms with Crippen molar-refractivity contribution in [3.05, 3.63) is 182 Å². The van der Waals surface area contributed by atoms with Crippen LogP contribution in [-0.2, 0) is 0 Å². The molecule has 0 saturated heterocycles. The van der Waals surface area contributed by atoms with Crippen LogP contribution in [0.3, 0.4) is 0 Å². The van der Waals surface area contributed by atoms with Crippen molar-refractivity contribution in [1.29, 1.82) is 0 Å². The number of hydrogen-bond acceptors (Lipinski definition) is 0. The van der Waals surface area contributed by atoms with Crippen LogP contribution >= 0.6 is 0 Å². The Balaban J connectivity index is 1.48. The molecular formula is C46H30. The lowest BCUT2D eigenvalue weighted by Gasteiger charge is -2.21. The third-order valence-electron chi connectivity index (χ3n) is 9.48. The standard InChI is InChI=1S/C46H30/c1-5-21-35-31(13-1)17-9-25-39(35)43-29-45(41-27-11-19-33-15-3-7-23-37(33)41)46(42-28-12-20-34-16-4-8-24-38(34)42)30-44(43)40-26-10-18-32-14-2-6-22-36(32)40/h1-30H. The predicted molar refractivity (Wildman–Crippen MR) is 198 cm³/mol. The molecule has 0 atom stereocenters. The van der Waals surface area contributed by atoms with Crippen LogP contribution in [0.1, 0.15) is 0 Å². The predicted octanol–water partition coefficient (Wildman–Crippen LogP) is 13.0. The fourth-order valence-electron chi connectivity index (χ4n) is 7.33. The maximum Gasteiger partial charge on any atom is -0.00923 e. The molecule has 0 saturated carbocycles. The first-order valence-electron chi connectivity index (χ1n) is 15.9. The Hall–Kier alpha value is -5.98. The van der Waals surface area contributed by atoms with Gasteiger partial charge in [-0.15, -0.1) is 0 Å². The third kappa shape index (κ3) is 4.30. The number of fused-ring (bicyclic) bond motifs is 4. The summed E-state index contributed by atoms with van der Waals surface area (Å²) < 4.78 is 0. The van der Waals surface area contributed by atoms with Crippen LogP contribution in [0.15, 0.2) is 182 Å². The van der Waals surface area contributed by atoms with Crippen LogP contribution in [0, 0.1) is 0 Å². The van der Waals surface area contributed by atoms with E-state index < -0.39 is 0 Å². The van der Waals surface area contributed by atoms with Gasteiger partial charge in [0.2, 0.25) is 0 Å². The summed E-state index contributed by atoms with van der Waals surface area (Å²) in [7, 11) is 0. The molecule has 0 heteroatoms. The Morgan fingerprint density at radius 3 is 0.652 bits per heavy atom. The quantitative estimate of drug-likeness (QED) is 0.194. The SMILES string of the molecule is c1ccc2c(-c3cc(-c4cccc5ccccc45)c(-c4cccc5ccccc45)cc3-c3cccc4ccccc34)cccc2c1. The van der Waals surface area contributed by atoms with E-state index in [4.69, 9.17) is 0 Å². The highest BCUT2D eigenvalue weighted by Crippen LogP contribution is 2.47. The van der Waals surface area contributed by atoms with Crippen molar-refractivity contribution in [1.82, 2.24) is 0 Å². The molecule has 0 heterocycles. The molecule has 0 spiro atoms. The van der Waals surface area contributed by atoms with Gasteiger partial charge in [0.1, 0.15) is 0 Å². The summed E-state index contributed by atoms with van der Waals surface area (Å²) >= 11 is 0. The van der Waals surface area contributed by atoms with Crippen molar-refractivity contribution < 1.29 is 0 Å².